The third-order valence-corrected chi connectivity index (χ3v) is 28.9. The molecular formula is C16H40Cl2N4Si2. The molecule has 2 N–H and O–H groups in total. The second kappa shape index (κ2) is 11.5. The Balaban J connectivity index is 6.34. The van der Waals surface area contributed by atoms with Gasteiger partial charge in [-0.3, -0.25) is 0 Å². The second-order valence-corrected chi connectivity index (χ2v) is 21.9. The minimum Gasteiger partial charge on any atom is -0.316 e. The Labute approximate surface area is 162 Å². The predicted molar refractivity (Wildman–Crippen MR) is 115 cm³/mol. The highest BCUT2D eigenvalue weighted by molar-refractivity contribution is 7.70. The second-order valence-electron chi connectivity index (χ2n) is 6.26. The van der Waals surface area contributed by atoms with Gasteiger partial charge in [-0.1, -0.05) is 55.4 Å². The zero-order valence-electron chi connectivity index (χ0n) is 17.0. The van der Waals surface area contributed by atoms with Gasteiger partial charge in [0.2, 0.25) is 6.90 Å². The standard InChI is InChI=1S/C16H40Cl2N4Si2/c1-9-19-15(7)23(17,16(8)20-10-2)24(18,21(11-3)12-4)22(13-5)14-6/h15-16,19-20H,9-14H2,1-8H3. The van der Waals surface area contributed by atoms with Crippen LogP contribution in [0.5, 0.6) is 0 Å². The van der Waals surface area contributed by atoms with E-state index in [4.69, 9.17) is 22.2 Å². The fourth-order valence-electron chi connectivity index (χ4n) is 3.81. The minimum atomic E-state index is -2.54. The van der Waals surface area contributed by atoms with Crippen LogP contribution in [0, 0.1) is 0 Å². The van der Waals surface area contributed by atoms with Crippen LogP contribution < -0.4 is 10.6 Å². The first-order valence-corrected chi connectivity index (χ1v) is 16.7. The van der Waals surface area contributed by atoms with Gasteiger partial charge in [0.25, 0.3) is 0 Å². The molecular weight excluding hydrogens is 375 g/mol. The zero-order valence-corrected chi connectivity index (χ0v) is 20.6. The van der Waals surface area contributed by atoms with Crippen molar-refractivity contribution in [2.24, 2.45) is 0 Å². The normalized spacial score (nSPS) is 18.0. The highest BCUT2D eigenvalue weighted by atomic mass is 35.6. The summed E-state index contributed by atoms with van der Waals surface area (Å²) in [5.74, 6) is 0. The van der Waals surface area contributed by atoms with E-state index in [1.165, 1.54) is 0 Å². The number of hydrogen-bond donors (Lipinski definition) is 2. The summed E-state index contributed by atoms with van der Waals surface area (Å²) in [4.78, 5) is 0. The minimum absolute atomic E-state index is 0.239. The summed E-state index contributed by atoms with van der Waals surface area (Å²) < 4.78 is 4.98. The Morgan fingerprint density at radius 2 is 1.00 bits per heavy atom. The van der Waals surface area contributed by atoms with E-state index in [1.807, 2.05) is 0 Å². The molecule has 8 heteroatoms. The molecule has 0 aromatic heterocycles. The Hall–Kier alpha value is 0.854. The molecule has 0 fully saturated rings. The lowest BCUT2D eigenvalue weighted by atomic mass is 10.6. The van der Waals surface area contributed by atoms with Crippen LogP contribution in [0.2, 0.25) is 0 Å². The fraction of sp³-hybridized carbons (Fsp3) is 1.00. The van der Waals surface area contributed by atoms with Gasteiger partial charge in [-0.2, -0.15) is 11.1 Å². The first kappa shape index (κ1) is 24.9. The van der Waals surface area contributed by atoms with Crippen LogP contribution in [-0.4, -0.2) is 73.9 Å². The largest absolute Gasteiger partial charge is 0.316 e. The van der Waals surface area contributed by atoms with E-state index >= 15 is 0 Å². The van der Waals surface area contributed by atoms with Gasteiger partial charge in [0.15, 0.2) is 0 Å². The molecule has 0 heterocycles. The van der Waals surface area contributed by atoms with Crippen molar-refractivity contribution in [2.75, 3.05) is 39.3 Å². The van der Waals surface area contributed by atoms with Crippen molar-refractivity contribution in [3.63, 3.8) is 0 Å². The summed E-state index contributed by atoms with van der Waals surface area (Å²) in [6.07, 6.45) is 0. The average Bonchev–Trinajstić information content (AvgIpc) is 2.56. The first-order chi connectivity index (χ1) is 11.3. The van der Waals surface area contributed by atoms with Crippen molar-refractivity contribution in [3.05, 3.63) is 0 Å². The molecule has 0 amide bonds. The number of halogens is 2. The van der Waals surface area contributed by atoms with E-state index in [1.54, 1.807) is 0 Å². The molecule has 2 unspecified atom stereocenters. The van der Waals surface area contributed by atoms with Gasteiger partial charge < -0.3 is 19.8 Å². The maximum Gasteiger partial charge on any atom is 0.310 e. The monoisotopic (exact) mass is 414 g/mol. The third-order valence-electron chi connectivity index (χ3n) is 5.13. The summed E-state index contributed by atoms with van der Waals surface area (Å²) in [6, 6.07) is 0. The summed E-state index contributed by atoms with van der Waals surface area (Å²) in [7, 11) is -2.54. The molecule has 0 aromatic carbocycles. The molecule has 4 nitrogen and oxygen atoms in total. The van der Waals surface area contributed by atoms with Crippen LogP contribution in [0.15, 0.2) is 0 Å². The van der Waals surface area contributed by atoms with Crippen molar-refractivity contribution >= 4 is 36.3 Å². The fourth-order valence-corrected chi connectivity index (χ4v) is 25.4. The lowest BCUT2D eigenvalue weighted by Crippen LogP contribution is -2.85. The van der Waals surface area contributed by atoms with Crippen molar-refractivity contribution in [2.45, 2.75) is 66.7 Å². The van der Waals surface area contributed by atoms with E-state index in [2.05, 4.69) is 75.2 Å². The average molecular weight is 416 g/mol. The molecule has 0 saturated heterocycles. The van der Waals surface area contributed by atoms with E-state index in [0.29, 0.717) is 0 Å². The number of hydrogen-bond acceptors (Lipinski definition) is 4. The molecule has 24 heavy (non-hydrogen) atoms. The van der Waals surface area contributed by atoms with Crippen LogP contribution in [0.25, 0.3) is 0 Å². The molecule has 0 aliphatic rings. The molecule has 0 radical (unpaired) electrons. The van der Waals surface area contributed by atoms with Crippen molar-refractivity contribution in [1.82, 2.24) is 19.8 Å². The van der Waals surface area contributed by atoms with E-state index in [9.17, 15) is 0 Å². The smallest absolute Gasteiger partial charge is 0.310 e. The van der Waals surface area contributed by atoms with Crippen LogP contribution in [-0.2, 0) is 0 Å². The van der Waals surface area contributed by atoms with Gasteiger partial charge in [-0.15, -0.1) is 11.1 Å². The summed E-state index contributed by atoms with van der Waals surface area (Å²) in [6.45, 7) is 20.8. The zero-order chi connectivity index (χ0) is 19.0. The summed E-state index contributed by atoms with van der Waals surface area (Å²) >= 11 is 15.4. The Kier molecular flexibility index (Phi) is 12.0. The lowest BCUT2D eigenvalue weighted by Gasteiger charge is -2.54. The maximum atomic E-state index is 7.68. The Morgan fingerprint density at radius 1 is 0.708 bits per heavy atom. The van der Waals surface area contributed by atoms with Crippen molar-refractivity contribution in [3.8, 4) is 0 Å². The molecule has 2 atom stereocenters. The van der Waals surface area contributed by atoms with Crippen LogP contribution in [0.4, 0.5) is 0 Å². The highest BCUT2D eigenvalue weighted by Crippen LogP contribution is 2.38. The van der Waals surface area contributed by atoms with Gasteiger partial charge in [0.05, 0.1) is 0 Å². The van der Waals surface area contributed by atoms with Crippen LogP contribution in [0.1, 0.15) is 55.4 Å². The van der Waals surface area contributed by atoms with Gasteiger partial charge in [-0.05, 0) is 39.3 Å². The first-order valence-electron chi connectivity index (χ1n) is 9.60. The number of nitrogens with one attached hydrogen (secondary N) is 2. The molecule has 146 valence electrons. The van der Waals surface area contributed by atoms with Crippen molar-refractivity contribution < 1.29 is 0 Å². The number of nitrogens with zero attached hydrogens (tertiary/aromatic N) is 2. The van der Waals surface area contributed by atoms with Crippen molar-refractivity contribution in [1.29, 1.82) is 0 Å². The quantitative estimate of drug-likeness (QED) is 0.357. The molecule has 0 aliphatic carbocycles. The number of rotatable bonds is 13. The maximum absolute atomic E-state index is 7.68. The Bertz CT molecular complexity index is 318. The van der Waals surface area contributed by atoms with Crippen LogP contribution in [0.3, 0.4) is 0 Å². The molecule has 0 saturated carbocycles. The molecule has 0 spiro atoms. The molecule has 0 rings (SSSR count). The molecule has 0 aromatic rings. The summed E-state index contributed by atoms with van der Waals surface area (Å²) in [5.41, 5.74) is 0.479. The van der Waals surface area contributed by atoms with Crippen LogP contribution >= 0.6 is 22.2 Å². The Morgan fingerprint density at radius 3 is 1.21 bits per heavy atom. The van der Waals surface area contributed by atoms with Gasteiger partial charge >= 0.3 is 7.22 Å². The van der Waals surface area contributed by atoms with E-state index < -0.39 is 14.1 Å². The van der Waals surface area contributed by atoms with E-state index in [-0.39, 0.29) is 11.3 Å². The third kappa shape index (κ3) is 4.77. The lowest BCUT2D eigenvalue weighted by molar-refractivity contribution is 0.380. The highest BCUT2D eigenvalue weighted by Gasteiger charge is 2.66. The van der Waals surface area contributed by atoms with Gasteiger partial charge in [-0.25, -0.2) is 0 Å². The van der Waals surface area contributed by atoms with E-state index in [0.717, 1.165) is 39.3 Å². The molecule has 0 aliphatic heterocycles. The summed E-state index contributed by atoms with van der Waals surface area (Å²) in [5, 5.41) is 7.25. The topological polar surface area (TPSA) is 30.5 Å². The van der Waals surface area contributed by atoms with Gasteiger partial charge in [0, 0.05) is 11.3 Å². The SMILES string of the molecule is CCNC(C)[Si](Cl)(C(C)NCC)[Si](Cl)(N(CC)CC)N(CC)CC. The van der Waals surface area contributed by atoms with Gasteiger partial charge in [0.1, 0.15) is 0 Å². The predicted octanol–water partition coefficient (Wildman–Crippen LogP) is 3.18. The molecule has 0 bridgehead atoms.